The topological polar surface area (TPSA) is 44.2 Å². The van der Waals surface area contributed by atoms with Crippen LogP contribution in [0.1, 0.15) is 41.5 Å². The molecule has 1 heterocycles. The second-order valence-electron chi connectivity index (χ2n) is 7.46. The highest BCUT2D eigenvalue weighted by atomic mass is 79.9. The summed E-state index contributed by atoms with van der Waals surface area (Å²) in [5.41, 5.74) is 0.836. The van der Waals surface area contributed by atoms with E-state index in [1.807, 2.05) is 59.7 Å². The molecule has 0 aliphatic heterocycles. The van der Waals surface area contributed by atoms with Crippen molar-refractivity contribution < 1.29 is 9.47 Å². The highest BCUT2D eigenvalue weighted by Crippen LogP contribution is 2.35. The van der Waals surface area contributed by atoms with E-state index in [0.717, 1.165) is 15.6 Å². The van der Waals surface area contributed by atoms with Gasteiger partial charge in [0.2, 0.25) is 5.88 Å². The van der Waals surface area contributed by atoms with Crippen molar-refractivity contribution in [3.63, 3.8) is 0 Å². The number of rotatable bonds is 3. The number of hydrogen-bond acceptors (Lipinski definition) is 4. The van der Waals surface area contributed by atoms with Crippen LogP contribution in [-0.2, 0) is 0 Å². The highest BCUT2D eigenvalue weighted by Gasteiger charge is 2.21. The molecule has 0 bridgehead atoms. The summed E-state index contributed by atoms with van der Waals surface area (Å²) in [6.07, 6.45) is 1.70. The van der Waals surface area contributed by atoms with Crippen LogP contribution < -0.4 is 9.47 Å². The van der Waals surface area contributed by atoms with Gasteiger partial charge in [0.1, 0.15) is 11.2 Å². The molecule has 0 saturated heterocycles. The van der Waals surface area contributed by atoms with Gasteiger partial charge in [0.25, 0.3) is 0 Å². The molecule has 0 saturated carbocycles. The van der Waals surface area contributed by atoms with E-state index in [9.17, 15) is 0 Å². The number of nitrogens with zero attached hydrogens (tertiary/aromatic N) is 2. The first-order valence-electron chi connectivity index (χ1n) is 7.64. The van der Waals surface area contributed by atoms with Crippen LogP contribution >= 0.6 is 27.5 Å². The van der Waals surface area contributed by atoms with E-state index < -0.39 is 5.60 Å². The first-order valence-corrected chi connectivity index (χ1v) is 8.82. The summed E-state index contributed by atoms with van der Waals surface area (Å²) in [5.74, 6) is 0.464. The Hall–Kier alpha value is -1.33. The molecule has 2 aromatic rings. The maximum Gasteiger partial charge on any atom is 0.320 e. The highest BCUT2D eigenvalue weighted by molar-refractivity contribution is 9.10. The van der Waals surface area contributed by atoms with Crippen LogP contribution in [0.2, 0.25) is 5.02 Å². The monoisotopic (exact) mass is 412 g/mol. The van der Waals surface area contributed by atoms with Crippen LogP contribution in [0.25, 0.3) is 11.1 Å². The van der Waals surface area contributed by atoms with Crippen LogP contribution in [0.15, 0.2) is 28.9 Å². The van der Waals surface area contributed by atoms with Crippen molar-refractivity contribution in [2.24, 2.45) is 0 Å². The Labute approximate surface area is 156 Å². The largest absolute Gasteiger partial charge is 0.471 e. The lowest BCUT2D eigenvalue weighted by Gasteiger charge is -2.24. The smallest absolute Gasteiger partial charge is 0.320 e. The van der Waals surface area contributed by atoms with Gasteiger partial charge in [-0.15, -0.1) is 0 Å². The molecule has 0 fully saturated rings. The molecule has 1 aromatic heterocycles. The minimum atomic E-state index is -0.405. The van der Waals surface area contributed by atoms with E-state index in [1.54, 1.807) is 6.20 Å². The Morgan fingerprint density at radius 1 is 0.958 bits per heavy atom. The molecule has 0 N–H and O–H groups in total. The number of benzene rings is 1. The predicted molar refractivity (Wildman–Crippen MR) is 101 cm³/mol. The molecular formula is C18H22BrClN2O2. The van der Waals surface area contributed by atoms with Gasteiger partial charge < -0.3 is 9.47 Å². The standard InChI is InChI=1S/C18H22BrClN2O2/c1-17(2,3)23-15-14(11-7-12(19)9-13(20)8-11)10-21-16(22-15)24-18(4,5)6/h7-10H,1-6H3. The quantitative estimate of drug-likeness (QED) is 0.627. The van der Waals surface area contributed by atoms with Crippen LogP contribution in [0.5, 0.6) is 11.9 Å². The maximum absolute atomic E-state index is 6.17. The van der Waals surface area contributed by atoms with E-state index in [1.165, 1.54) is 0 Å². The lowest BCUT2D eigenvalue weighted by molar-refractivity contribution is 0.103. The summed E-state index contributed by atoms with van der Waals surface area (Å²) in [7, 11) is 0. The average Bonchev–Trinajstić information content (AvgIpc) is 2.33. The van der Waals surface area contributed by atoms with Gasteiger partial charge in [0.05, 0.1) is 5.56 Å². The van der Waals surface area contributed by atoms with Gasteiger partial charge >= 0.3 is 6.01 Å². The minimum Gasteiger partial charge on any atom is -0.471 e. The van der Waals surface area contributed by atoms with Gasteiger partial charge in [-0.2, -0.15) is 4.98 Å². The summed E-state index contributed by atoms with van der Waals surface area (Å²) in [6.45, 7) is 11.7. The van der Waals surface area contributed by atoms with Crippen LogP contribution in [-0.4, -0.2) is 21.2 Å². The first-order chi connectivity index (χ1) is 10.9. The Morgan fingerprint density at radius 2 is 1.58 bits per heavy atom. The molecule has 24 heavy (non-hydrogen) atoms. The van der Waals surface area contributed by atoms with Crippen molar-refractivity contribution in [1.29, 1.82) is 0 Å². The Kier molecular flexibility index (Phi) is 5.45. The molecule has 0 atom stereocenters. The van der Waals surface area contributed by atoms with Gasteiger partial charge in [-0.05, 0) is 65.3 Å². The van der Waals surface area contributed by atoms with E-state index in [0.29, 0.717) is 10.9 Å². The zero-order valence-electron chi connectivity index (χ0n) is 14.8. The van der Waals surface area contributed by atoms with Crippen LogP contribution in [0.3, 0.4) is 0 Å². The number of ether oxygens (including phenoxy) is 2. The molecule has 1 aromatic carbocycles. The van der Waals surface area contributed by atoms with Crippen LogP contribution in [0, 0.1) is 0 Å². The number of halogens is 2. The zero-order chi connectivity index (χ0) is 18.1. The molecule has 130 valence electrons. The van der Waals surface area contributed by atoms with Crippen molar-refractivity contribution in [2.75, 3.05) is 0 Å². The molecule has 4 nitrogen and oxygen atoms in total. The molecule has 0 radical (unpaired) electrons. The number of aromatic nitrogens is 2. The lowest BCUT2D eigenvalue weighted by atomic mass is 10.1. The molecule has 0 aliphatic carbocycles. The summed E-state index contributed by atoms with van der Waals surface area (Å²) in [4.78, 5) is 8.78. The SMILES string of the molecule is CC(C)(C)Oc1ncc(-c2cc(Cl)cc(Br)c2)c(OC(C)(C)C)n1. The van der Waals surface area contributed by atoms with Crippen molar-refractivity contribution in [1.82, 2.24) is 9.97 Å². The summed E-state index contributed by atoms with van der Waals surface area (Å²) in [6, 6.07) is 5.91. The minimum absolute atomic E-state index is 0.284. The van der Waals surface area contributed by atoms with Crippen molar-refractivity contribution in [3.05, 3.63) is 33.9 Å². The first kappa shape index (κ1) is 19.0. The second-order valence-corrected chi connectivity index (χ2v) is 8.81. The predicted octanol–water partition coefficient (Wildman–Crippen LogP) is 5.91. The summed E-state index contributed by atoms with van der Waals surface area (Å²) < 4.78 is 12.7. The summed E-state index contributed by atoms with van der Waals surface area (Å²) in [5, 5.41) is 0.621. The third kappa shape index (κ3) is 5.64. The molecule has 6 heteroatoms. The van der Waals surface area contributed by atoms with Gasteiger partial charge in [0.15, 0.2) is 0 Å². The van der Waals surface area contributed by atoms with Crippen molar-refractivity contribution >= 4 is 27.5 Å². The maximum atomic E-state index is 6.17. The molecule has 0 aliphatic rings. The summed E-state index contributed by atoms with van der Waals surface area (Å²) >= 11 is 9.63. The molecular weight excluding hydrogens is 392 g/mol. The Balaban J connectivity index is 2.53. The third-order valence-corrected chi connectivity index (χ3v) is 3.38. The Bertz CT molecular complexity index is 717. The fourth-order valence-corrected chi connectivity index (χ4v) is 2.81. The van der Waals surface area contributed by atoms with Gasteiger partial charge in [-0.1, -0.05) is 27.5 Å². The van der Waals surface area contributed by atoms with Gasteiger partial charge in [0, 0.05) is 15.7 Å². The van der Waals surface area contributed by atoms with Crippen molar-refractivity contribution in [2.45, 2.75) is 52.7 Å². The third-order valence-electron chi connectivity index (χ3n) is 2.71. The van der Waals surface area contributed by atoms with Crippen molar-refractivity contribution in [3.8, 4) is 23.0 Å². The van der Waals surface area contributed by atoms with E-state index in [-0.39, 0.29) is 11.6 Å². The zero-order valence-corrected chi connectivity index (χ0v) is 17.1. The molecule has 0 spiro atoms. The molecule has 0 amide bonds. The Morgan fingerprint density at radius 3 is 2.12 bits per heavy atom. The second kappa shape index (κ2) is 6.89. The van der Waals surface area contributed by atoms with Gasteiger partial charge in [-0.3, -0.25) is 0 Å². The fraction of sp³-hybridized carbons (Fsp3) is 0.444. The van der Waals surface area contributed by atoms with E-state index in [4.69, 9.17) is 21.1 Å². The van der Waals surface area contributed by atoms with E-state index in [2.05, 4.69) is 25.9 Å². The van der Waals surface area contributed by atoms with Crippen LogP contribution in [0.4, 0.5) is 0 Å². The average molecular weight is 414 g/mol. The van der Waals surface area contributed by atoms with E-state index >= 15 is 0 Å². The lowest BCUT2D eigenvalue weighted by Crippen LogP contribution is -2.26. The van der Waals surface area contributed by atoms with Gasteiger partial charge in [-0.25, -0.2) is 4.98 Å². The normalized spacial score (nSPS) is 12.2. The number of hydrogen-bond donors (Lipinski definition) is 0. The molecule has 2 rings (SSSR count). The fourth-order valence-electron chi connectivity index (χ4n) is 1.95. The molecule has 0 unspecified atom stereocenters.